The summed E-state index contributed by atoms with van der Waals surface area (Å²) >= 11 is 0. The number of hydrogen-bond acceptors (Lipinski definition) is 3. The average molecular weight is 717 g/mol. The highest BCUT2D eigenvalue weighted by atomic mass is 28.4. The Morgan fingerprint density at radius 2 is 1.19 bits per heavy atom. The lowest BCUT2D eigenvalue weighted by Gasteiger charge is -2.37. The number of benzene rings is 2. The van der Waals surface area contributed by atoms with Gasteiger partial charge in [0.05, 0.1) is 13.2 Å². The largest absolute Gasteiger partial charge is 0.430 e. The van der Waals surface area contributed by atoms with Crippen molar-refractivity contribution in [3.63, 3.8) is 0 Å². The second-order valence-corrected chi connectivity index (χ2v) is 25.2. The molecule has 2 rings (SSSR count). The van der Waals surface area contributed by atoms with E-state index in [4.69, 9.17) is 8.85 Å². The number of aliphatic hydroxyl groups is 1. The molecule has 2 aromatic carbocycles. The summed E-state index contributed by atoms with van der Waals surface area (Å²) in [7, 11) is -4.00. The highest BCUT2D eigenvalue weighted by Crippen LogP contribution is 2.44. The number of aryl methyl sites for hydroxylation is 2. The Kier molecular flexibility index (Phi) is 13.4. The van der Waals surface area contributed by atoms with Gasteiger partial charge < -0.3 is 14.0 Å². The zero-order valence-corrected chi connectivity index (χ0v) is 32.3. The summed E-state index contributed by atoms with van der Waals surface area (Å²) in [6, 6.07) is 13.8. The fourth-order valence-corrected chi connectivity index (χ4v) is 6.24. The SMILES string of the molecule is CC/C(=C\C=C\C(O)(C(F)(F)F)C(F)(F)F)c1cccc(CCc2ccc(CO[Si](C)(C)C(C)(C)C)c(CO[Si](C)(C)C(C)(C)C)c2)c1. The van der Waals surface area contributed by atoms with Crippen LogP contribution in [0.3, 0.4) is 0 Å². The van der Waals surface area contributed by atoms with Crippen molar-refractivity contribution in [1.82, 2.24) is 0 Å². The van der Waals surface area contributed by atoms with Gasteiger partial charge in [0.15, 0.2) is 16.6 Å². The van der Waals surface area contributed by atoms with Crippen LogP contribution in [0.25, 0.3) is 5.57 Å². The summed E-state index contributed by atoms with van der Waals surface area (Å²) in [5.41, 5.74) is 0.599. The van der Waals surface area contributed by atoms with Crippen molar-refractivity contribution >= 4 is 22.2 Å². The van der Waals surface area contributed by atoms with E-state index in [1.54, 1.807) is 13.0 Å². The van der Waals surface area contributed by atoms with Crippen LogP contribution in [-0.2, 0) is 34.9 Å². The molecule has 0 fully saturated rings. The molecule has 0 atom stereocenters. The standard InChI is InChI=1S/C37H54F6O3Si2/c1-12-29(17-14-22-35(44,36(38,39)40)37(41,42)43)30-16-13-15-27(23-30)18-19-28-20-21-31(25-45-47(8,9)33(2,3)4)32(24-28)26-46-48(10,11)34(5,6)7/h13-17,20-24,44H,12,18-19,25-26H2,1-11H3/b22-14+,29-17+. The molecule has 0 heterocycles. The number of rotatable bonds is 13. The topological polar surface area (TPSA) is 38.7 Å². The summed E-state index contributed by atoms with van der Waals surface area (Å²) < 4.78 is 91.6. The van der Waals surface area contributed by atoms with Crippen molar-refractivity contribution in [1.29, 1.82) is 0 Å². The molecule has 270 valence electrons. The molecule has 0 radical (unpaired) electrons. The fourth-order valence-electron chi connectivity index (χ4n) is 4.35. The van der Waals surface area contributed by atoms with Gasteiger partial charge in [0.25, 0.3) is 5.60 Å². The van der Waals surface area contributed by atoms with Crippen LogP contribution >= 0.6 is 0 Å². The third-order valence-corrected chi connectivity index (χ3v) is 18.9. The number of alkyl halides is 6. The maximum absolute atomic E-state index is 13.1. The maximum atomic E-state index is 13.1. The first-order chi connectivity index (χ1) is 21.6. The Bertz CT molecular complexity index is 1410. The molecule has 0 saturated carbocycles. The first-order valence-electron chi connectivity index (χ1n) is 16.4. The van der Waals surface area contributed by atoms with Gasteiger partial charge in [0.2, 0.25) is 0 Å². The highest BCUT2D eigenvalue weighted by Gasteiger charge is 2.68. The second-order valence-electron chi connectivity index (χ2n) is 15.6. The van der Waals surface area contributed by atoms with Gasteiger partial charge in [-0.05, 0) is 95.0 Å². The molecular formula is C37H54F6O3Si2. The molecule has 0 saturated heterocycles. The molecule has 11 heteroatoms. The number of halogens is 6. The predicted octanol–water partition coefficient (Wildman–Crippen LogP) is 11.7. The van der Waals surface area contributed by atoms with E-state index in [0.29, 0.717) is 43.3 Å². The molecule has 48 heavy (non-hydrogen) atoms. The molecule has 0 aliphatic carbocycles. The predicted molar refractivity (Wildman–Crippen MR) is 189 cm³/mol. The smallest absolute Gasteiger partial charge is 0.413 e. The van der Waals surface area contributed by atoms with Crippen molar-refractivity contribution in [3.8, 4) is 0 Å². The lowest BCUT2D eigenvalue weighted by Crippen LogP contribution is -2.55. The summed E-state index contributed by atoms with van der Waals surface area (Å²) in [6.45, 7) is 25.0. The molecule has 0 amide bonds. The van der Waals surface area contributed by atoms with Gasteiger partial charge in [-0.1, -0.05) is 103 Å². The van der Waals surface area contributed by atoms with Crippen molar-refractivity contribution in [3.05, 3.63) is 88.5 Å². The van der Waals surface area contributed by atoms with E-state index in [-0.39, 0.29) is 16.2 Å². The Morgan fingerprint density at radius 3 is 1.65 bits per heavy atom. The highest BCUT2D eigenvalue weighted by molar-refractivity contribution is 6.74. The van der Waals surface area contributed by atoms with Gasteiger partial charge in [-0.3, -0.25) is 0 Å². The Hall–Kier alpha value is -2.19. The quantitative estimate of drug-likeness (QED) is 0.127. The molecule has 1 N–H and O–H groups in total. The number of allylic oxidation sites excluding steroid dienone is 3. The molecule has 3 nitrogen and oxygen atoms in total. The van der Waals surface area contributed by atoms with Crippen LogP contribution in [0.2, 0.25) is 36.3 Å². The van der Waals surface area contributed by atoms with Gasteiger partial charge >= 0.3 is 12.4 Å². The minimum absolute atomic E-state index is 0.0624. The van der Waals surface area contributed by atoms with E-state index >= 15 is 0 Å². The molecule has 0 aliphatic rings. The molecule has 0 spiro atoms. The maximum Gasteiger partial charge on any atom is 0.430 e. The Morgan fingerprint density at radius 1 is 0.708 bits per heavy atom. The van der Waals surface area contributed by atoms with Gasteiger partial charge in [-0.25, -0.2) is 0 Å². The van der Waals surface area contributed by atoms with Gasteiger partial charge in [0.1, 0.15) is 0 Å². The zero-order chi connectivity index (χ0) is 37.0. The summed E-state index contributed by atoms with van der Waals surface area (Å²) in [5.74, 6) is 0. The minimum Gasteiger partial charge on any atom is -0.413 e. The van der Waals surface area contributed by atoms with Crippen LogP contribution in [0.15, 0.2) is 60.7 Å². The minimum atomic E-state index is -5.91. The molecule has 0 aromatic heterocycles. The third kappa shape index (κ3) is 10.7. The monoisotopic (exact) mass is 716 g/mol. The summed E-state index contributed by atoms with van der Waals surface area (Å²) in [5, 5.41) is 9.57. The zero-order valence-electron chi connectivity index (χ0n) is 30.3. The molecule has 0 aliphatic heterocycles. The summed E-state index contributed by atoms with van der Waals surface area (Å²) in [4.78, 5) is 0. The molecule has 2 aromatic rings. The van der Waals surface area contributed by atoms with Crippen LogP contribution in [0.5, 0.6) is 0 Å². The first kappa shape index (κ1) is 42.0. The van der Waals surface area contributed by atoms with Crippen LogP contribution in [0, 0.1) is 0 Å². The van der Waals surface area contributed by atoms with Crippen molar-refractivity contribution in [2.45, 2.75) is 135 Å². The third-order valence-electron chi connectivity index (χ3n) is 9.94. The number of hydrogen-bond donors (Lipinski definition) is 1. The Labute approximate surface area is 285 Å². The van der Waals surface area contributed by atoms with Gasteiger partial charge in [-0.2, -0.15) is 26.3 Å². The van der Waals surface area contributed by atoms with Gasteiger partial charge in [-0.15, -0.1) is 0 Å². The van der Waals surface area contributed by atoms with Crippen molar-refractivity contribution in [2.24, 2.45) is 0 Å². The lowest BCUT2D eigenvalue weighted by molar-refractivity contribution is -0.347. The van der Waals surface area contributed by atoms with Crippen LogP contribution < -0.4 is 0 Å². The van der Waals surface area contributed by atoms with Crippen molar-refractivity contribution in [2.75, 3.05) is 0 Å². The summed E-state index contributed by atoms with van der Waals surface area (Å²) in [6.07, 6.45) is -8.51. The van der Waals surface area contributed by atoms with E-state index in [1.807, 2.05) is 18.2 Å². The first-order valence-corrected chi connectivity index (χ1v) is 22.2. The Balaban J connectivity index is 2.33. The van der Waals surface area contributed by atoms with E-state index in [0.717, 1.165) is 28.7 Å². The fraction of sp³-hybridized carbons (Fsp3) is 0.568. The van der Waals surface area contributed by atoms with E-state index in [2.05, 4.69) is 85.9 Å². The lowest BCUT2D eigenvalue weighted by atomic mass is 9.96. The molecular weight excluding hydrogens is 663 g/mol. The van der Waals surface area contributed by atoms with E-state index < -0.39 is 34.6 Å². The normalized spacial score (nSPS) is 14.7. The van der Waals surface area contributed by atoms with E-state index in [9.17, 15) is 31.4 Å². The van der Waals surface area contributed by atoms with Crippen LogP contribution in [0.4, 0.5) is 26.3 Å². The molecule has 0 unspecified atom stereocenters. The molecule has 0 bridgehead atoms. The second kappa shape index (κ2) is 15.4. The van der Waals surface area contributed by atoms with Crippen molar-refractivity contribution < 1.29 is 40.3 Å². The van der Waals surface area contributed by atoms with Crippen LogP contribution in [-0.4, -0.2) is 39.7 Å². The average Bonchev–Trinajstić information content (AvgIpc) is 2.94. The van der Waals surface area contributed by atoms with Crippen LogP contribution in [0.1, 0.15) is 82.7 Å². The van der Waals surface area contributed by atoms with Gasteiger partial charge in [0, 0.05) is 0 Å². The van der Waals surface area contributed by atoms with E-state index in [1.165, 1.54) is 6.08 Å².